The highest BCUT2D eigenvalue weighted by molar-refractivity contribution is 6.36. The third kappa shape index (κ3) is 5.49. The van der Waals surface area contributed by atoms with Crippen LogP contribution in [0.5, 0.6) is 5.75 Å². The fraction of sp³-hybridized carbons (Fsp3) is 0.0476. The normalized spacial score (nSPS) is 10.8. The lowest BCUT2D eigenvalue weighted by Crippen LogP contribution is -2.17. The minimum absolute atomic E-state index is 0.266. The molecule has 1 amide bonds. The van der Waals surface area contributed by atoms with E-state index < -0.39 is 0 Å². The first-order chi connectivity index (χ1) is 13.5. The van der Waals surface area contributed by atoms with Crippen LogP contribution in [0.1, 0.15) is 21.5 Å². The van der Waals surface area contributed by atoms with E-state index in [4.69, 9.17) is 39.5 Å². The standard InChI is InChI=1S/C21H15Cl3N2O2/c22-16-4-1-3-15(11-16)21(27)26-25-12-14-7-9-17(10-8-14)28-13-18-19(23)5-2-6-20(18)24/h1-12H,13H2,(H,26,27)/b25-12-. The van der Waals surface area contributed by atoms with Gasteiger partial charge >= 0.3 is 0 Å². The van der Waals surface area contributed by atoms with E-state index in [-0.39, 0.29) is 12.5 Å². The van der Waals surface area contributed by atoms with Crippen molar-refractivity contribution in [1.82, 2.24) is 5.43 Å². The largest absolute Gasteiger partial charge is 0.489 e. The number of hydrazone groups is 1. The minimum atomic E-state index is -0.338. The third-order valence-corrected chi connectivity index (χ3v) is 4.73. The molecule has 3 aromatic rings. The predicted octanol–water partition coefficient (Wildman–Crippen LogP) is 5.99. The van der Waals surface area contributed by atoms with Crippen LogP contribution in [0, 0.1) is 0 Å². The van der Waals surface area contributed by atoms with Crippen LogP contribution in [-0.2, 0) is 6.61 Å². The van der Waals surface area contributed by atoms with E-state index in [1.54, 1.807) is 54.6 Å². The summed E-state index contributed by atoms with van der Waals surface area (Å²) < 4.78 is 5.72. The molecule has 0 aliphatic heterocycles. The van der Waals surface area contributed by atoms with Crippen molar-refractivity contribution < 1.29 is 9.53 Å². The van der Waals surface area contributed by atoms with Gasteiger partial charge in [-0.1, -0.05) is 46.9 Å². The van der Waals surface area contributed by atoms with E-state index in [9.17, 15) is 4.79 Å². The zero-order valence-corrected chi connectivity index (χ0v) is 16.8. The van der Waals surface area contributed by atoms with Crippen molar-refractivity contribution in [3.8, 4) is 5.75 Å². The van der Waals surface area contributed by atoms with E-state index >= 15 is 0 Å². The molecular weight excluding hydrogens is 419 g/mol. The van der Waals surface area contributed by atoms with Crippen molar-refractivity contribution >= 4 is 46.9 Å². The maximum atomic E-state index is 12.0. The number of benzene rings is 3. The first-order valence-electron chi connectivity index (χ1n) is 8.27. The highest BCUT2D eigenvalue weighted by Gasteiger charge is 2.06. The number of ether oxygens (including phenoxy) is 1. The number of carbonyl (C=O) groups is 1. The summed E-state index contributed by atoms with van der Waals surface area (Å²) in [6, 6.07) is 19.2. The molecule has 0 atom stereocenters. The Bertz CT molecular complexity index is 985. The second kappa shape index (κ2) is 9.60. The minimum Gasteiger partial charge on any atom is -0.489 e. The lowest BCUT2D eigenvalue weighted by Gasteiger charge is -2.09. The zero-order valence-electron chi connectivity index (χ0n) is 14.5. The zero-order chi connectivity index (χ0) is 19.9. The Morgan fingerprint density at radius 3 is 2.32 bits per heavy atom. The van der Waals surface area contributed by atoms with Crippen LogP contribution < -0.4 is 10.2 Å². The van der Waals surface area contributed by atoms with E-state index in [0.29, 0.717) is 26.4 Å². The van der Waals surface area contributed by atoms with Crippen molar-refractivity contribution in [2.45, 2.75) is 6.61 Å². The van der Waals surface area contributed by atoms with Gasteiger partial charge in [-0.05, 0) is 60.2 Å². The second-order valence-electron chi connectivity index (χ2n) is 5.77. The SMILES string of the molecule is O=C(N/N=C\c1ccc(OCc2c(Cl)cccc2Cl)cc1)c1cccc(Cl)c1. The quantitative estimate of drug-likeness (QED) is 0.383. The molecule has 0 aliphatic rings. The van der Waals surface area contributed by atoms with Crippen molar-refractivity contribution in [2.24, 2.45) is 5.10 Å². The maximum absolute atomic E-state index is 12.0. The van der Waals surface area contributed by atoms with Crippen LogP contribution in [0.15, 0.2) is 71.8 Å². The van der Waals surface area contributed by atoms with Gasteiger partial charge in [0.25, 0.3) is 5.91 Å². The Labute approximate surface area is 177 Å². The van der Waals surface area contributed by atoms with Gasteiger partial charge in [0.05, 0.1) is 6.21 Å². The summed E-state index contributed by atoms with van der Waals surface area (Å²) in [5.41, 5.74) is 4.43. The van der Waals surface area contributed by atoms with Crippen LogP contribution in [0.25, 0.3) is 0 Å². The summed E-state index contributed by atoms with van der Waals surface area (Å²) in [5, 5.41) is 5.57. The molecule has 4 nitrogen and oxygen atoms in total. The Kier molecular flexibility index (Phi) is 6.93. The number of rotatable bonds is 6. The highest BCUT2D eigenvalue weighted by atomic mass is 35.5. The Morgan fingerprint density at radius 1 is 0.964 bits per heavy atom. The van der Waals surface area contributed by atoms with Gasteiger partial charge in [0.1, 0.15) is 12.4 Å². The average molecular weight is 434 g/mol. The summed E-state index contributed by atoms with van der Waals surface area (Å²) >= 11 is 18.1. The summed E-state index contributed by atoms with van der Waals surface area (Å²) in [6.07, 6.45) is 1.54. The fourth-order valence-electron chi connectivity index (χ4n) is 2.34. The molecule has 3 aromatic carbocycles. The smallest absolute Gasteiger partial charge is 0.271 e. The van der Waals surface area contributed by atoms with Crippen molar-refractivity contribution in [1.29, 1.82) is 0 Å². The van der Waals surface area contributed by atoms with Gasteiger partial charge in [0, 0.05) is 26.2 Å². The van der Waals surface area contributed by atoms with E-state index in [2.05, 4.69) is 10.5 Å². The summed E-state index contributed by atoms with van der Waals surface area (Å²) in [5.74, 6) is 0.325. The van der Waals surface area contributed by atoms with Crippen LogP contribution in [0.4, 0.5) is 0 Å². The van der Waals surface area contributed by atoms with E-state index in [0.717, 1.165) is 11.1 Å². The first kappa shape index (κ1) is 20.2. The number of hydrogen-bond donors (Lipinski definition) is 1. The van der Waals surface area contributed by atoms with Gasteiger partial charge in [-0.2, -0.15) is 5.10 Å². The molecule has 0 unspecified atom stereocenters. The van der Waals surface area contributed by atoms with Crippen molar-refractivity contribution in [3.05, 3.63) is 98.5 Å². The van der Waals surface area contributed by atoms with Gasteiger partial charge in [-0.3, -0.25) is 4.79 Å². The number of hydrogen-bond acceptors (Lipinski definition) is 3. The Balaban J connectivity index is 1.55. The monoisotopic (exact) mass is 432 g/mol. The topological polar surface area (TPSA) is 50.7 Å². The molecule has 0 bridgehead atoms. The van der Waals surface area contributed by atoms with Crippen molar-refractivity contribution in [3.63, 3.8) is 0 Å². The number of nitrogens with one attached hydrogen (secondary N) is 1. The molecule has 7 heteroatoms. The molecule has 28 heavy (non-hydrogen) atoms. The van der Waals surface area contributed by atoms with E-state index in [1.807, 2.05) is 12.1 Å². The summed E-state index contributed by atoms with van der Waals surface area (Å²) in [6.45, 7) is 0.266. The molecule has 0 aromatic heterocycles. The molecule has 0 saturated carbocycles. The molecule has 0 aliphatic carbocycles. The molecule has 142 valence electrons. The lowest BCUT2D eigenvalue weighted by molar-refractivity contribution is 0.0955. The Morgan fingerprint density at radius 2 is 1.64 bits per heavy atom. The number of halogens is 3. The lowest BCUT2D eigenvalue weighted by atomic mass is 10.2. The van der Waals surface area contributed by atoms with Gasteiger partial charge in [0.2, 0.25) is 0 Å². The molecule has 1 N–H and O–H groups in total. The average Bonchev–Trinajstić information content (AvgIpc) is 2.68. The number of amides is 1. The molecule has 0 saturated heterocycles. The second-order valence-corrected chi connectivity index (χ2v) is 7.02. The number of carbonyl (C=O) groups excluding carboxylic acids is 1. The molecular formula is C21H15Cl3N2O2. The Hall–Kier alpha value is -2.53. The molecule has 0 spiro atoms. The molecule has 0 fully saturated rings. The van der Waals surface area contributed by atoms with Crippen LogP contribution in [0.3, 0.4) is 0 Å². The van der Waals surface area contributed by atoms with Gasteiger partial charge in [-0.15, -0.1) is 0 Å². The highest BCUT2D eigenvalue weighted by Crippen LogP contribution is 2.25. The maximum Gasteiger partial charge on any atom is 0.271 e. The summed E-state index contributed by atoms with van der Waals surface area (Å²) in [4.78, 5) is 12.0. The number of nitrogens with zero attached hydrogens (tertiary/aromatic N) is 1. The van der Waals surface area contributed by atoms with Gasteiger partial charge in [-0.25, -0.2) is 5.43 Å². The van der Waals surface area contributed by atoms with Crippen LogP contribution >= 0.6 is 34.8 Å². The predicted molar refractivity (Wildman–Crippen MR) is 114 cm³/mol. The fourth-order valence-corrected chi connectivity index (χ4v) is 3.03. The summed E-state index contributed by atoms with van der Waals surface area (Å²) in [7, 11) is 0. The van der Waals surface area contributed by atoms with Gasteiger partial charge in [0.15, 0.2) is 0 Å². The van der Waals surface area contributed by atoms with Crippen LogP contribution in [-0.4, -0.2) is 12.1 Å². The van der Waals surface area contributed by atoms with Crippen LogP contribution in [0.2, 0.25) is 15.1 Å². The molecule has 0 radical (unpaired) electrons. The first-order valence-corrected chi connectivity index (χ1v) is 9.41. The van der Waals surface area contributed by atoms with E-state index in [1.165, 1.54) is 6.21 Å². The third-order valence-electron chi connectivity index (χ3n) is 3.79. The van der Waals surface area contributed by atoms with Crippen molar-refractivity contribution in [2.75, 3.05) is 0 Å². The van der Waals surface area contributed by atoms with Gasteiger partial charge < -0.3 is 4.74 Å². The molecule has 3 rings (SSSR count). The molecule has 0 heterocycles.